The van der Waals surface area contributed by atoms with Gasteiger partial charge in [-0.25, -0.2) is 0 Å². The Balaban J connectivity index is 1.97. The van der Waals surface area contributed by atoms with E-state index in [9.17, 15) is 5.11 Å². The average molecular weight is 329 g/mol. The standard InChI is InChI=1S/C21H31NO2/c1-4-5-7-10-17-16(3)19-18(12-11-15(2)20(19)23)24-21(17)22-13-8-6-9-14-22/h11-12,21,23H,4-10,13-14H2,1-3H3. The van der Waals surface area contributed by atoms with Gasteiger partial charge < -0.3 is 9.84 Å². The first-order valence-electron chi connectivity index (χ1n) is 9.56. The highest BCUT2D eigenvalue weighted by atomic mass is 16.5. The van der Waals surface area contributed by atoms with Gasteiger partial charge in [-0.15, -0.1) is 0 Å². The molecule has 0 spiro atoms. The van der Waals surface area contributed by atoms with Gasteiger partial charge in [-0.2, -0.15) is 0 Å². The third-order valence-electron chi connectivity index (χ3n) is 5.51. The highest BCUT2D eigenvalue weighted by molar-refractivity contribution is 5.79. The van der Waals surface area contributed by atoms with Crippen molar-refractivity contribution < 1.29 is 9.84 Å². The first-order chi connectivity index (χ1) is 11.6. The van der Waals surface area contributed by atoms with Crippen LogP contribution in [0, 0.1) is 6.92 Å². The summed E-state index contributed by atoms with van der Waals surface area (Å²) in [5.74, 6) is 1.22. The number of allylic oxidation sites excluding steroid dienone is 1. The molecule has 2 heterocycles. The number of piperidine rings is 1. The van der Waals surface area contributed by atoms with Crippen molar-refractivity contribution in [3.63, 3.8) is 0 Å². The van der Waals surface area contributed by atoms with Gasteiger partial charge >= 0.3 is 0 Å². The molecule has 3 rings (SSSR count). The number of unbranched alkanes of at least 4 members (excludes halogenated alkanes) is 2. The monoisotopic (exact) mass is 329 g/mol. The summed E-state index contributed by atoms with van der Waals surface area (Å²) in [7, 11) is 0. The first-order valence-corrected chi connectivity index (χ1v) is 9.56. The van der Waals surface area contributed by atoms with Crippen LogP contribution in [0.25, 0.3) is 5.57 Å². The number of phenolic OH excluding ortho intramolecular Hbond substituents is 1. The molecule has 1 saturated heterocycles. The van der Waals surface area contributed by atoms with Crippen molar-refractivity contribution in [1.82, 2.24) is 4.90 Å². The molecule has 3 heteroatoms. The van der Waals surface area contributed by atoms with Gasteiger partial charge in [-0.05, 0) is 62.3 Å². The van der Waals surface area contributed by atoms with Crippen LogP contribution >= 0.6 is 0 Å². The van der Waals surface area contributed by atoms with Crippen molar-refractivity contribution in [1.29, 1.82) is 0 Å². The Hall–Kier alpha value is -1.48. The lowest BCUT2D eigenvalue weighted by Gasteiger charge is -2.40. The Morgan fingerprint density at radius 3 is 2.58 bits per heavy atom. The van der Waals surface area contributed by atoms with Crippen molar-refractivity contribution in [3.8, 4) is 11.5 Å². The summed E-state index contributed by atoms with van der Waals surface area (Å²) in [6.45, 7) is 8.59. The zero-order chi connectivity index (χ0) is 17.1. The summed E-state index contributed by atoms with van der Waals surface area (Å²) in [6, 6.07) is 3.98. The number of ether oxygens (including phenoxy) is 1. The zero-order valence-corrected chi connectivity index (χ0v) is 15.4. The quantitative estimate of drug-likeness (QED) is 0.748. The van der Waals surface area contributed by atoms with Crippen molar-refractivity contribution in [3.05, 3.63) is 28.8 Å². The van der Waals surface area contributed by atoms with Gasteiger partial charge in [0.1, 0.15) is 11.5 Å². The maximum atomic E-state index is 10.6. The molecule has 2 aliphatic heterocycles. The van der Waals surface area contributed by atoms with E-state index in [4.69, 9.17) is 4.74 Å². The highest BCUT2D eigenvalue weighted by Crippen LogP contribution is 2.44. The number of rotatable bonds is 5. The molecule has 132 valence electrons. The van der Waals surface area contributed by atoms with E-state index >= 15 is 0 Å². The van der Waals surface area contributed by atoms with Gasteiger partial charge in [0.25, 0.3) is 0 Å². The van der Waals surface area contributed by atoms with E-state index in [0.717, 1.165) is 36.4 Å². The van der Waals surface area contributed by atoms with E-state index in [1.54, 1.807) is 0 Å². The number of hydrogen-bond donors (Lipinski definition) is 1. The Morgan fingerprint density at radius 1 is 1.12 bits per heavy atom. The highest BCUT2D eigenvalue weighted by Gasteiger charge is 2.33. The van der Waals surface area contributed by atoms with E-state index in [-0.39, 0.29) is 6.23 Å². The topological polar surface area (TPSA) is 32.7 Å². The second-order valence-corrected chi connectivity index (χ2v) is 7.28. The van der Waals surface area contributed by atoms with E-state index in [2.05, 4.69) is 18.7 Å². The van der Waals surface area contributed by atoms with E-state index in [1.165, 1.54) is 49.7 Å². The fraction of sp³-hybridized carbons (Fsp3) is 0.619. The van der Waals surface area contributed by atoms with E-state index in [1.807, 2.05) is 19.1 Å². The van der Waals surface area contributed by atoms with Crippen LogP contribution in [0.1, 0.15) is 69.9 Å². The first kappa shape index (κ1) is 17.3. The maximum absolute atomic E-state index is 10.6. The number of fused-ring (bicyclic) bond motifs is 1. The Labute approximate surface area is 146 Å². The second-order valence-electron chi connectivity index (χ2n) is 7.28. The third kappa shape index (κ3) is 3.32. The maximum Gasteiger partial charge on any atom is 0.175 e. The smallest absolute Gasteiger partial charge is 0.175 e. The molecule has 1 aromatic rings. The predicted octanol–water partition coefficient (Wildman–Crippen LogP) is 5.26. The lowest BCUT2D eigenvalue weighted by atomic mass is 9.90. The van der Waals surface area contributed by atoms with Crippen LogP contribution in [0.4, 0.5) is 0 Å². The van der Waals surface area contributed by atoms with Crippen molar-refractivity contribution in [2.45, 2.75) is 71.9 Å². The Bertz CT molecular complexity index is 615. The fourth-order valence-corrected chi connectivity index (χ4v) is 4.00. The summed E-state index contributed by atoms with van der Waals surface area (Å²) in [6.07, 6.45) is 8.62. The molecule has 1 aromatic carbocycles. The number of benzene rings is 1. The molecule has 3 nitrogen and oxygen atoms in total. The molecule has 0 aromatic heterocycles. The molecule has 1 fully saturated rings. The van der Waals surface area contributed by atoms with Gasteiger partial charge in [0.05, 0.1) is 5.56 Å². The van der Waals surface area contributed by atoms with Crippen LogP contribution in [0.15, 0.2) is 17.7 Å². The largest absolute Gasteiger partial charge is 0.507 e. The van der Waals surface area contributed by atoms with Crippen LogP contribution < -0.4 is 4.74 Å². The average Bonchev–Trinajstić information content (AvgIpc) is 2.60. The molecule has 1 unspecified atom stereocenters. The molecule has 0 bridgehead atoms. The minimum Gasteiger partial charge on any atom is -0.507 e. The van der Waals surface area contributed by atoms with Crippen LogP contribution in [0.2, 0.25) is 0 Å². The summed E-state index contributed by atoms with van der Waals surface area (Å²) in [5.41, 5.74) is 4.43. The molecular weight excluding hydrogens is 298 g/mol. The summed E-state index contributed by atoms with van der Waals surface area (Å²) in [4.78, 5) is 2.49. The number of phenols is 1. The van der Waals surface area contributed by atoms with Gasteiger partial charge in [0, 0.05) is 13.1 Å². The van der Waals surface area contributed by atoms with Crippen molar-refractivity contribution >= 4 is 5.57 Å². The van der Waals surface area contributed by atoms with Gasteiger partial charge in [-0.1, -0.05) is 32.3 Å². The minimum atomic E-state index is 0.0526. The van der Waals surface area contributed by atoms with E-state index in [0.29, 0.717) is 5.75 Å². The molecule has 0 saturated carbocycles. The third-order valence-corrected chi connectivity index (χ3v) is 5.51. The molecule has 0 radical (unpaired) electrons. The van der Waals surface area contributed by atoms with Gasteiger partial charge in [-0.3, -0.25) is 4.90 Å². The van der Waals surface area contributed by atoms with E-state index < -0.39 is 0 Å². The fourth-order valence-electron chi connectivity index (χ4n) is 4.00. The van der Waals surface area contributed by atoms with Crippen molar-refractivity contribution in [2.24, 2.45) is 0 Å². The lowest BCUT2D eigenvalue weighted by Crippen LogP contribution is -2.45. The molecule has 1 N–H and O–H groups in total. The second kappa shape index (κ2) is 7.60. The van der Waals surface area contributed by atoms with Crippen molar-refractivity contribution in [2.75, 3.05) is 13.1 Å². The summed E-state index contributed by atoms with van der Waals surface area (Å²) >= 11 is 0. The van der Waals surface area contributed by atoms with Crippen LogP contribution in [0.3, 0.4) is 0 Å². The summed E-state index contributed by atoms with van der Waals surface area (Å²) < 4.78 is 6.43. The molecular formula is C21H31NO2. The Morgan fingerprint density at radius 2 is 1.88 bits per heavy atom. The van der Waals surface area contributed by atoms with Crippen LogP contribution in [-0.2, 0) is 0 Å². The normalized spacial score (nSPS) is 21.5. The predicted molar refractivity (Wildman–Crippen MR) is 99.4 cm³/mol. The molecule has 0 amide bonds. The molecule has 2 aliphatic rings. The molecule has 24 heavy (non-hydrogen) atoms. The summed E-state index contributed by atoms with van der Waals surface area (Å²) in [5, 5.41) is 10.6. The minimum absolute atomic E-state index is 0.0526. The van der Waals surface area contributed by atoms with Gasteiger partial charge in [0.15, 0.2) is 6.23 Å². The molecule has 0 aliphatic carbocycles. The Kier molecular flexibility index (Phi) is 5.50. The molecule has 1 atom stereocenters. The number of nitrogens with zero attached hydrogens (tertiary/aromatic N) is 1. The van der Waals surface area contributed by atoms with Crippen LogP contribution in [0.5, 0.6) is 11.5 Å². The van der Waals surface area contributed by atoms with Crippen LogP contribution in [-0.4, -0.2) is 29.3 Å². The number of likely N-dealkylation sites (tertiary alicyclic amines) is 1. The van der Waals surface area contributed by atoms with Gasteiger partial charge in [0.2, 0.25) is 0 Å². The number of aryl methyl sites for hydroxylation is 1. The number of hydrogen-bond acceptors (Lipinski definition) is 3. The lowest BCUT2D eigenvalue weighted by molar-refractivity contribution is 0.0338. The number of aromatic hydroxyl groups is 1. The SMILES string of the molecule is CCCCCC1=C(C)c2c(ccc(C)c2O)OC1N1CCCCC1. The zero-order valence-electron chi connectivity index (χ0n) is 15.4.